The lowest BCUT2D eigenvalue weighted by Crippen LogP contribution is -2.53. The highest BCUT2D eigenvalue weighted by molar-refractivity contribution is 7.92. The first-order chi connectivity index (χ1) is 22.6. The topological polar surface area (TPSA) is 96.0 Å². The van der Waals surface area contributed by atoms with Gasteiger partial charge in [-0.05, 0) is 62.6 Å². The van der Waals surface area contributed by atoms with Gasteiger partial charge in [-0.2, -0.15) is 0 Å². The molecule has 8 nitrogen and oxygen atoms in total. The highest BCUT2D eigenvalue weighted by Crippen LogP contribution is 2.33. The highest BCUT2D eigenvalue weighted by Gasteiger charge is 2.35. The van der Waals surface area contributed by atoms with Gasteiger partial charge in [-0.25, -0.2) is 8.42 Å². The first-order valence-electron chi connectivity index (χ1n) is 16.1. The molecule has 9 heteroatoms. The van der Waals surface area contributed by atoms with Crippen molar-refractivity contribution in [2.24, 2.45) is 0 Å². The first-order valence-corrected chi connectivity index (χ1v) is 17.6. The molecule has 0 fully saturated rings. The van der Waals surface area contributed by atoms with Gasteiger partial charge in [-0.1, -0.05) is 103 Å². The molecule has 1 atom stereocenters. The molecule has 4 aromatic rings. The van der Waals surface area contributed by atoms with Crippen molar-refractivity contribution in [2.45, 2.75) is 64.4 Å². The van der Waals surface area contributed by atoms with Crippen LogP contribution in [0.4, 0.5) is 5.69 Å². The standard InChI is InChI=1S/C38H45N3O5S/c1-5-7-24-39-38(43)35(26-31-15-9-8-10-16-31)40(27-32-17-13-14-30(4)25-32)37(42)28-41(34-18-11-12-19-36(34)46-6-2)47(44,45)33-22-20-29(3)21-23-33/h8-23,25,35H,5-7,24,26-28H2,1-4H3,(H,39,43). The lowest BCUT2D eigenvalue weighted by Gasteiger charge is -2.34. The average molecular weight is 656 g/mol. The molecule has 0 bridgehead atoms. The van der Waals surface area contributed by atoms with Crippen LogP contribution in [0.15, 0.2) is 108 Å². The van der Waals surface area contributed by atoms with E-state index in [1.54, 1.807) is 36.4 Å². The molecule has 0 spiro atoms. The number of rotatable bonds is 16. The first kappa shape index (κ1) is 35.2. The van der Waals surface area contributed by atoms with Crippen LogP contribution in [0, 0.1) is 13.8 Å². The Morgan fingerprint density at radius 1 is 0.809 bits per heavy atom. The van der Waals surface area contributed by atoms with Crippen LogP contribution in [-0.2, 0) is 32.6 Å². The second-order valence-corrected chi connectivity index (χ2v) is 13.4. The van der Waals surface area contributed by atoms with Crippen LogP contribution in [0.1, 0.15) is 48.9 Å². The minimum Gasteiger partial charge on any atom is -0.492 e. The van der Waals surface area contributed by atoms with Gasteiger partial charge in [0.25, 0.3) is 10.0 Å². The number of anilines is 1. The minimum absolute atomic E-state index is 0.0468. The fraction of sp³-hybridized carbons (Fsp3) is 0.316. The quantitative estimate of drug-likeness (QED) is 0.140. The zero-order valence-electron chi connectivity index (χ0n) is 27.7. The van der Waals surface area contributed by atoms with Crippen molar-refractivity contribution in [1.29, 1.82) is 0 Å². The summed E-state index contributed by atoms with van der Waals surface area (Å²) in [5, 5.41) is 3.02. The Morgan fingerprint density at radius 2 is 1.49 bits per heavy atom. The van der Waals surface area contributed by atoms with E-state index in [0.717, 1.165) is 39.4 Å². The molecule has 0 aliphatic carbocycles. The molecule has 248 valence electrons. The predicted molar refractivity (Wildman–Crippen MR) is 187 cm³/mol. The molecular weight excluding hydrogens is 611 g/mol. The predicted octanol–water partition coefficient (Wildman–Crippen LogP) is 6.45. The summed E-state index contributed by atoms with van der Waals surface area (Å²) in [5.41, 5.74) is 3.88. The van der Waals surface area contributed by atoms with Crippen molar-refractivity contribution < 1.29 is 22.7 Å². The molecule has 0 radical (unpaired) electrons. The van der Waals surface area contributed by atoms with Crippen LogP contribution in [0.25, 0.3) is 0 Å². The van der Waals surface area contributed by atoms with E-state index in [0.29, 0.717) is 18.9 Å². The number of ether oxygens (including phenoxy) is 1. The van der Waals surface area contributed by atoms with Gasteiger partial charge in [0.1, 0.15) is 18.3 Å². The fourth-order valence-electron chi connectivity index (χ4n) is 5.36. The highest BCUT2D eigenvalue weighted by atomic mass is 32.2. The zero-order chi connectivity index (χ0) is 33.8. The molecule has 4 rings (SSSR count). The Kier molecular flexibility index (Phi) is 12.6. The third-order valence-corrected chi connectivity index (χ3v) is 9.63. The summed E-state index contributed by atoms with van der Waals surface area (Å²) in [5.74, 6) is -0.465. The van der Waals surface area contributed by atoms with Gasteiger partial charge in [-0.15, -0.1) is 0 Å². The number of aryl methyl sites for hydroxylation is 2. The summed E-state index contributed by atoms with van der Waals surface area (Å²) in [7, 11) is -4.24. The van der Waals surface area contributed by atoms with Gasteiger partial charge in [0.2, 0.25) is 11.8 Å². The third kappa shape index (κ3) is 9.45. The largest absolute Gasteiger partial charge is 0.492 e. The lowest BCUT2D eigenvalue weighted by molar-refractivity contribution is -0.140. The SMILES string of the molecule is CCCCNC(=O)C(Cc1ccccc1)N(Cc1cccc(C)c1)C(=O)CN(c1ccccc1OCC)S(=O)(=O)c1ccc(C)cc1. The molecule has 47 heavy (non-hydrogen) atoms. The molecule has 0 saturated carbocycles. The Balaban J connectivity index is 1.83. The van der Waals surface area contributed by atoms with Gasteiger partial charge in [0.05, 0.1) is 17.2 Å². The summed E-state index contributed by atoms with van der Waals surface area (Å²) in [6.07, 6.45) is 1.96. The summed E-state index contributed by atoms with van der Waals surface area (Å²) in [6, 6.07) is 29.7. The van der Waals surface area contributed by atoms with Crippen molar-refractivity contribution in [3.63, 3.8) is 0 Å². The molecule has 1 N–H and O–H groups in total. The van der Waals surface area contributed by atoms with E-state index < -0.39 is 28.5 Å². The Morgan fingerprint density at radius 3 is 2.17 bits per heavy atom. The summed E-state index contributed by atoms with van der Waals surface area (Å²) in [6.45, 7) is 8.06. The Hall–Kier alpha value is -4.63. The van der Waals surface area contributed by atoms with E-state index in [9.17, 15) is 18.0 Å². The van der Waals surface area contributed by atoms with E-state index in [1.807, 2.05) is 82.3 Å². The van der Waals surface area contributed by atoms with Gasteiger partial charge in [0, 0.05) is 19.5 Å². The number of carbonyl (C=O) groups excluding carboxylic acids is 2. The van der Waals surface area contributed by atoms with Crippen LogP contribution in [0.5, 0.6) is 5.75 Å². The lowest BCUT2D eigenvalue weighted by atomic mass is 10.0. The number of nitrogens with one attached hydrogen (secondary N) is 1. The molecule has 2 amide bonds. The van der Waals surface area contributed by atoms with Crippen molar-refractivity contribution in [3.8, 4) is 5.75 Å². The van der Waals surface area contributed by atoms with Gasteiger partial charge < -0.3 is 15.0 Å². The second-order valence-electron chi connectivity index (χ2n) is 11.6. The summed E-state index contributed by atoms with van der Waals surface area (Å²) < 4.78 is 35.6. The van der Waals surface area contributed by atoms with Crippen molar-refractivity contribution in [2.75, 3.05) is 24.0 Å². The number of amides is 2. The summed E-state index contributed by atoms with van der Waals surface area (Å²) in [4.78, 5) is 30.2. The van der Waals surface area contributed by atoms with E-state index in [2.05, 4.69) is 5.32 Å². The van der Waals surface area contributed by atoms with Crippen LogP contribution < -0.4 is 14.4 Å². The van der Waals surface area contributed by atoms with Gasteiger partial charge >= 0.3 is 0 Å². The maximum absolute atomic E-state index is 14.7. The maximum atomic E-state index is 14.7. The molecule has 0 aliphatic heterocycles. The molecule has 0 aromatic heterocycles. The van der Waals surface area contributed by atoms with Crippen LogP contribution in [0.2, 0.25) is 0 Å². The van der Waals surface area contributed by atoms with Crippen molar-refractivity contribution in [3.05, 3.63) is 125 Å². The van der Waals surface area contributed by atoms with Crippen LogP contribution in [-0.4, -0.2) is 50.9 Å². The maximum Gasteiger partial charge on any atom is 0.264 e. The third-order valence-electron chi connectivity index (χ3n) is 7.86. The summed E-state index contributed by atoms with van der Waals surface area (Å²) >= 11 is 0. The number of benzene rings is 4. The normalized spacial score (nSPS) is 11.8. The molecule has 0 aliphatic rings. The molecule has 0 heterocycles. The molecule has 4 aromatic carbocycles. The van der Waals surface area contributed by atoms with Crippen LogP contribution in [0.3, 0.4) is 0 Å². The number of hydrogen-bond acceptors (Lipinski definition) is 5. The van der Waals surface area contributed by atoms with E-state index in [4.69, 9.17) is 4.74 Å². The molecule has 0 saturated heterocycles. The molecule has 1 unspecified atom stereocenters. The number of sulfonamides is 1. The zero-order valence-corrected chi connectivity index (χ0v) is 28.5. The second kappa shape index (κ2) is 16.8. The smallest absolute Gasteiger partial charge is 0.264 e. The Labute approximate surface area is 279 Å². The number of hydrogen-bond donors (Lipinski definition) is 1. The number of para-hydroxylation sites is 2. The number of unbranched alkanes of at least 4 members (excludes halogenated alkanes) is 1. The van der Waals surface area contributed by atoms with Gasteiger partial charge in [-0.3, -0.25) is 13.9 Å². The van der Waals surface area contributed by atoms with Crippen molar-refractivity contribution in [1.82, 2.24) is 10.2 Å². The van der Waals surface area contributed by atoms with E-state index in [1.165, 1.54) is 17.0 Å². The van der Waals surface area contributed by atoms with Crippen LogP contribution >= 0.6 is 0 Å². The average Bonchev–Trinajstić information content (AvgIpc) is 3.06. The minimum atomic E-state index is -4.24. The monoisotopic (exact) mass is 655 g/mol. The molecular formula is C38H45N3O5S. The fourth-order valence-corrected chi connectivity index (χ4v) is 6.78. The number of carbonyl (C=O) groups is 2. The Bertz CT molecular complexity index is 1730. The van der Waals surface area contributed by atoms with E-state index in [-0.39, 0.29) is 29.5 Å². The van der Waals surface area contributed by atoms with E-state index >= 15 is 0 Å². The van der Waals surface area contributed by atoms with Gasteiger partial charge in [0.15, 0.2) is 0 Å². The number of nitrogens with zero attached hydrogens (tertiary/aromatic N) is 2. The van der Waals surface area contributed by atoms with Crippen molar-refractivity contribution >= 4 is 27.5 Å².